The van der Waals surface area contributed by atoms with Gasteiger partial charge in [0, 0.05) is 6.54 Å². The molecule has 0 aromatic heterocycles. The second-order valence-electron chi connectivity index (χ2n) is 2.60. The third kappa shape index (κ3) is 1.94. The van der Waals surface area contributed by atoms with Gasteiger partial charge in [0.2, 0.25) is 0 Å². The maximum atomic E-state index is 5.38. The Morgan fingerprint density at radius 3 is 3.00 bits per heavy atom. The van der Waals surface area contributed by atoms with Gasteiger partial charge in [-0.15, -0.1) is 0 Å². The smallest absolute Gasteiger partial charge is 0.168 e. The van der Waals surface area contributed by atoms with Gasteiger partial charge in [-0.05, 0) is 14.0 Å². The van der Waals surface area contributed by atoms with Crippen LogP contribution in [-0.2, 0) is 9.47 Å². The van der Waals surface area contributed by atoms with Crippen LogP contribution < -0.4 is 0 Å². The molecular formula is C8H15NO2. The highest BCUT2D eigenvalue weighted by Crippen LogP contribution is 2.14. The molecule has 1 rings (SSSR count). The Hall–Kier alpha value is -0.540. The molecule has 0 bridgehead atoms. The first-order valence-electron chi connectivity index (χ1n) is 3.89. The first-order chi connectivity index (χ1) is 5.25. The minimum Gasteiger partial charge on any atom is -0.495 e. The molecule has 1 aliphatic rings. The van der Waals surface area contributed by atoms with E-state index in [1.165, 1.54) is 0 Å². The average Bonchev–Trinajstić information content (AvgIpc) is 2.36. The van der Waals surface area contributed by atoms with Crippen molar-refractivity contribution in [3.8, 4) is 0 Å². The van der Waals surface area contributed by atoms with Crippen molar-refractivity contribution >= 4 is 0 Å². The fraction of sp³-hybridized carbons (Fsp3) is 0.750. The fourth-order valence-electron chi connectivity index (χ4n) is 1.15. The van der Waals surface area contributed by atoms with Crippen LogP contribution >= 0.6 is 0 Å². The van der Waals surface area contributed by atoms with Gasteiger partial charge in [-0.2, -0.15) is 0 Å². The van der Waals surface area contributed by atoms with E-state index in [0.29, 0.717) is 12.4 Å². The quantitative estimate of drug-likeness (QED) is 0.566. The van der Waals surface area contributed by atoms with Crippen LogP contribution in [-0.4, -0.2) is 37.9 Å². The third-order valence-electron chi connectivity index (χ3n) is 1.73. The molecule has 1 atom stereocenters. The summed E-state index contributed by atoms with van der Waals surface area (Å²) in [5.41, 5.74) is 0. The van der Waals surface area contributed by atoms with E-state index < -0.39 is 0 Å². The first-order valence-corrected chi connectivity index (χ1v) is 3.89. The molecule has 0 aliphatic carbocycles. The molecule has 1 unspecified atom stereocenters. The van der Waals surface area contributed by atoms with Crippen molar-refractivity contribution in [1.82, 2.24) is 4.90 Å². The lowest BCUT2D eigenvalue weighted by Gasteiger charge is -2.19. The van der Waals surface area contributed by atoms with Crippen molar-refractivity contribution in [3.63, 3.8) is 0 Å². The van der Waals surface area contributed by atoms with Gasteiger partial charge in [-0.1, -0.05) is 6.58 Å². The number of ether oxygens (including phenoxy) is 2. The second kappa shape index (κ2) is 3.74. The molecule has 0 radical (unpaired) electrons. The molecule has 64 valence electrons. The lowest BCUT2D eigenvalue weighted by molar-refractivity contribution is 0.0231. The van der Waals surface area contributed by atoms with E-state index in [-0.39, 0.29) is 6.23 Å². The van der Waals surface area contributed by atoms with E-state index in [2.05, 4.69) is 11.5 Å². The van der Waals surface area contributed by atoms with Crippen LogP contribution in [0.5, 0.6) is 0 Å². The van der Waals surface area contributed by atoms with Gasteiger partial charge in [-0.25, -0.2) is 0 Å². The average molecular weight is 157 g/mol. The summed E-state index contributed by atoms with van der Waals surface area (Å²) in [7, 11) is 2.00. The Balaban J connectivity index is 2.39. The molecule has 0 spiro atoms. The van der Waals surface area contributed by atoms with Crippen molar-refractivity contribution in [3.05, 3.63) is 12.3 Å². The van der Waals surface area contributed by atoms with Crippen LogP contribution in [0.1, 0.15) is 6.92 Å². The minimum atomic E-state index is -0.0325. The summed E-state index contributed by atoms with van der Waals surface area (Å²) in [5, 5.41) is 0. The number of likely N-dealkylation sites (N-methyl/N-ethyl adjacent to an activating group) is 1. The van der Waals surface area contributed by atoms with Gasteiger partial charge in [0.05, 0.1) is 13.2 Å². The van der Waals surface area contributed by atoms with E-state index in [1.807, 2.05) is 14.0 Å². The Morgan fingerprint density at radius 2 is 2.55 bits per heavy atom. The van der Waals surface area contributed by atoms with Crippen LogP contribution in [0.15, 0.2) is 12.3 Å². The molecule has 0 aromatic carbocycles. The van der Waals surface area contributed by atoms with Crippen molar-refractivity contribution in [2.75, 3.05) is 26.8 Å². The molecule has 1 heterocycles. The Labute approximate surface area is 67.6 Å². The SMILES string of the molecule is C=C(OCC)C1OCCN1C. The van der Waals surface area contributed by atoms with Crippen molar-refractivity contribution in [2.24, 2.45) is 0 Å². The van der Waals surface area contributed by atoms with Crippen molar-refractivity contribution in [1.29, 1.82) is 0 Å². The highest BCUT2D eigenvalue weighted by atomic mass is 16.6. The molecule has 0 amide bonds. The number of nitrogens with zero attached hydrogens (tertiary/aromatic N) is 1. The van der Waals surface area contributed by atoms with E-state index in [0.717, 1.165) is 13.2 Å². The zero-order valence-corrected chi connectivity index (χ0v) is 7.17. The lowest BCUT2D eigenvalue weighted by atomic mass is 10.4. The maximum Gasteiger partial charge on any atom is 0.168 e. The van der Waals surface area contributed by atoms with Crippen molar-refractivity contribution in [2.45, 2.75) is 13.2 Å². The van der Waals surface area contributed by atoms with Crippen molar-refractivity contribution < 1.29 is 9.47 Å². The van der Waals surface area contributed by atoms with Crippen LogP contribution in [0.3, 0.4) is 0 Å². The first kappa shape index (κ1) is 8.56. The monoisotopic (exact) mass is 157 g/mol. The standard InChI is InChI=1S/C8H15NO2/c1-4-10-7(2)8-9(3)5-6-11-8/h8H,2,4-6H2,1,3H3. The third-order valence-corrected chi connectivity index (χ3v) is 1.73. The van der Waals surface area contributed by atoms with E-state index >= 15 is 0 Å². The summed E-state index contributed by atoms with van der Waals surface area (Å²) in [6.07, 6.45) is -0.0325. The largest absolute Gasteiger partial charge is 0.495 e. The molecule has 11 heavy (non-hydrogen) atoms. The maximum absolute atomic E-state index is 5.38. The normalized spacial score (nSPS) is 25.5. The van der Waals surface area contributed by atoms with Crippen LogP contribution in [0.25, 0.3) is 0 Å². The summed E-state index contributed by atoms with van der Waals surface area (Å²) in [6.45, 7) is 8.12. The summed E-state index contributed by atoms with van der Waals surface area (Å²) >= 11 is 0. The zero-order chi connectivity index (χ0) is 8.27. The molecule has 3 nitrogen and oxygen atoms in total. The predicted molar refractivity (Wildman–Crippen MR) is 43.1 cm³/mol. The second-order valence-corrected chi connectivity index (χ2v) is 2.60. The van der Waals surface area contributed by atoms with E-state index in [4.69, 9.17) is 9.47 Å². The molecule has 1 fully saturated rings. The lowest BCUT2D eigenvalue weighted by Crippen LogP contribution is -2.28. The molecule has 0 aromatic rings. The van der Waals surface area contributed by atoms with Gasteiger partial charge in [0.1, 0.15) is 5.76 Å². The highest BCUT2D eigenvalue weighted by molar-refractivity contribution is 4.93. The molecule has 1 aliphatic heterocycles. The molecule has 3 heteroatoms. The predicted octanol–water partition coefficient (Wildman–Crippen LogP) is 0.825. The summed E-state index contributed by atoms with van der Waals surface area (Å²) < 4.78 is 10.6. The molecule has 1 saturated heterocycles. The summed E-state index contributed by atoms with van der Waals surface area (Å²) in [5.74, 6) is 0.715. The van der Waals surface area contributed by atoms with Crippen LogP contribution in [0.4, 0.5) is 0 Å². The Bertz CT molecular complexity index is 147. The highest BCUT2D eigenvalue weighted by Gasteiger charge is 2.24. The molecular weight excluding hydrogens is 142 g/mol. The molecule has 0 N–H and O–H groups in total. The van der Waals surface area contributed by atoms with Crippen LogP contribution in [0, 0.1) is 0 Å². The fourth-order valence-corrected chi connectivity index (χ4v) is 1.15. The Kier molecular flexibility index (Phi) is 2.91. The minimum absolute atomic E-state index is 0.0325. The topological polar surface area (TPSA) is 21.7 Å². The number of hydrogen-bond donors (Lipinski definition) is 0. The van der Waals surface area contributed by atoms with Crippen LogP contribution in [0.2, 0.25) is 0 Å². The number of hydrogen-bond acceptors (Lipinski definition) is 3. The van der Waals surface area contributed by atoms with Gasteiger partial charge in [0.15, 0.2) is 6.23 Å². The van der Waals surface area contributed by atoms with E-state index in [1.54, 1.807) is 0 Å². The van der Waals surface area contributed by atoms with Gasteiger partial charge < -0.3 is 9.47 Å². The van der Waals surface area contributed by atoms with Gasteiger partial charge in [-0.3, -0.25) is 4.90 Å². The Morgan fingerprint density at radius 1 is 1.82 bits per heavy atom. The summed E-state index contributed by atoms with van der Waals surface area (Å²) in [4.78, 5) is 2.08. The number of rotatable bonds is 3. The zero-order valence-electron chi connectivity index (χ0n) is 7.17. The van der Waals surface area contributed by atoms with E-state index in [9.17, 15) is 0 Å². The van der Waals surface area contributed by atoms with Gasteiger partial charge >= 0.3 is 0 Å². The van der Waals surface area contributed by atoms with Gasteiger partial charge in [0.25, 0.3) is 0 Å². The summed E-state index contributed by atoms with van der Waals surface area (Å²) in [6, 6.07) is 0. The molecule has 0 saturated carbocycles.